The molecule has 1 atom stereocenters. The largest absolute Gasteiger partial charge is 0.354 e. The molecule has 1 aliphatic heterocycles. The number of anilines is 4. The predicted octanol–water partition coefficient (Wildman–Crippen LogP) is 3.72. The Kier molecular flexibility index (Phi) is 6.49. The van der Waals surface area contributed by atoms with Crippen LogP contribution >= 0.6 is 0 Å². The van der Waals surface area contributed by atoms with Crippen LogP contribution in [0.4, 0.5) is 27.7 Å². The number of halogens is 1. The van der Waals surface area contributed by atoms with Crippen LogP contribution in [-0.4, -0.2) is 69.1 Å². The van der Waals surface area contributed by atoms with Gasteiger partial charge in [0.15, 0.2) is 17.4 Å². The van der Waals surface area contributed by atoms with Crippen LogP contribution in [0.3, 0.4) is 0 Å². The minimum atomic E-state index is -0.560. The molecule has 1 unspecified atom stereocenters. The van der Waals surface area contributed by atoms with Gasteiger partial charge in [-0.25, -0.2) is 24.3 Å². The number of benzene rings is 1. The maximum atomic E-state index is 14.8. The number of rotatable bonds is 7. The highest BCUT2D eigenvalue weighted by atomic mass is 19.1. The molecule has 1 aliphatic rings. The van der Waals surface area contributed by atoms with E-state index < -0.39 is 11.7 Å². The fourth-order valence-electron chi connectivity index (χ4n) is 4.11. The summed E-state index contributed by atoms with van der Waals surface area (Å²) in [5, 5.41) is 9.40. The summed E-state index contributed by atoms with van der Waals surface area (Å²) in [5.74, 6) is 0.468. The summed E-state index contributed by atoms with van der Waals surface area (Å²) in [5.41, 5.74) is 1.89. The lowest BCUT2D eigenvalue weighted by atomic mass is 10.1. The fourth-order valence-corrected chi connectivity index (χ4v) is 4.11. The second kappa shape index (κ2) is 9.90. The molecule has 1 saturated heterocycles. The minimum absolute atomic E-state index is 0.0568. The summed E-state index contributed by atoms with van der Waals surface area (Å²) in [6, 6.07) is 5.82. The van der Waals surface area contributed by atoms with E-state index in [-0.39, 0.29) is 23.1 Å². The van der Waals surface area contributed by atoms with Gasteiger partial charge in [0.2, 0.25) is 5.95 Å². The van der Waals surface area contributed by atoms with Crippen molar-refractivity contribution in [2.24, 2.45) is 0 Å². The van der Waals surface area contributed by atoms with Gasteiger partial charge in [-0.1, -0.05) is 11.7 Å². The standard InChI is InChI=1S/C25H26FN9O2/c1-14(2)20-10-21(33-37-20)31-24(36)15-5-6-17(26)18(9-15)30-23-22-19(28-13-29-23)11-27-25(32-22)35(4)16-7-8-34(3)12-16/h5-6,9-11,13,16H,1,7-8,12H2,2-4H3,(H,28,29,30)(H,31,33,36). The number of carbonyl (C=O) groups is 1. The average Bonchev–Trinajstić information content (AvgIpc) is 3.54. The van der Waals surface area contributed by atoms with Crippen molar-refractivity contribution >= 4 is 45.8 Å². The van der Waals surface area contributed by atoms with E-state index in [1.807, 2.05) is 11.9 Å². The van der Waals surface area contributed by atoms with E-state index in [0.29, 0.717) is 34.1 Å². The SMILES string of the molecule is C=C(C)c1cc(NC(=O)c2ccc(F)c(Nc3ncnc4cnc(N(C)C5CCN(C)C5)nc34)c2)no1. The van der Waals surface area contributed by atoms with Crippen molar-refractivity contribution in [2.45, 2.75) is 19.4 Å². The van der Waals surface area contributed by atoms with Crippen molar-refractivity contribution in [1.29, 1.82) is 0 Å². The van der Waals surface area contributed by atoms with E-state index in [0.717, 1.165) is 19.5 Å². The van der Waals surface area contributed by atoms with Crippen LogP contribution in [0, 0.1) is 5.82 Å². The third-order valence-corrected chi connectivity index (χ3v) is 6.25. The molecular weight excluding hydrogens is 477 g/mol. The van der Waals surface area contributed by atoms with E-state index in [2.05, 4.69) is 54.3 Å². The Morgan fingerprint density at radius 2 is 2.11 bits per heavy atom. The minimum Gasteiger partial charge on any atom is -0.354 e. The number of carbonyl (C=O) groups excluding carboxylic acids is 1. The summed E-state index contributed by atoms with van der Waals surface area (Å²) >= 11 is 0. The fraction of sp³-hybridized carbons (Fsp3) is 0.280. The van der Waals surface area contributed by atoms with E-state index >= 15 is 0 Å². The zero-order valence-electron chi connectivity index (χ0n) is 20.7. The maximum Gasteiger partial charge on any atom is 0.256 e. The molecule has 11 nitrogen and oxygen atoms in total. The Hall–Kier alpha value is -4.45. The van der Waals surface area contributed by atoms with Crippen molar-refractivity contribution < 1.29 is 13.7 Å². The number of nitrogens with one attached hydrogen (secondary N) is 2. The molecule has 0 saturated carbocycles. The van der Waals surface area contributed by atoms with E-state index in [1.165, 1.54) is 24.5 Å². The Morgan fingerprint density at radius 1 is 1.27 bits per heavy atom. The number of likely N-dealkylation sites (tertiary alicyclic amines) is 1. The molecule has 190 valence electrons. The maximum absolute atomic E-state index is 14.8. The van der Waals surface area contributed by atoms with Crippen LogP contribution in [0.2, 0.25) is 0 Å². The van der Waals surface area contributed by atoms with Crippen molar-refractivity contribution in [1.82, 2.24) is 30.0 Å². The zero-order chi connectivity index (χ0) is 26.1. The topological polar surface area (TPSA) is 125 Å². The van der Waals surface area contributed by atoms with Gasteiger partial charge in [0, 0.05) is 31.3 Å². The van der Waals surface area contributed by atoms with Crippen LogP contribution in [0.15, 0.2) is 47.9 Å². The summed E-state index contributed by atoms with van der Waals surface area (Å²) in [6.07, 6.45) is 3.98. The zero-order valence-corrected chi connectivity index (χ0v) is 20.7. The van der Waals surface area contributed by atoms with Crippen LogP contribution in [0.1, 0.15) is 29.5 Å². The van der Waals surface area contributed by atoms with Crippen LogP contribution in [0.25, 0.3) is 16.6 Å². The van der Waals surface area contributed by atoms with Crippen LogP contribution in [0.5, 0.6) is 0 Å². The lowest BCUT2D eigenvalue weighted by molar-refractivity contribution is 0.102. The number of fused-ring (bicyclic) bond motifs is 1. The molecule has 37 heavy (non-hydrogen) atoms. The molecule has 1 fully saturated rings. The molecule has 4 aromatic rings. The van der Waals surface area contributed by atoms with Gasteiger partial charge in [-0.05, 0) is 50.7 Å². The number of allylic oxidation sites excluding steroid dienone is 1. The highest BCUT2D eigenvalue weighted by Gasteiger charge is 2.25. The average molecular weight is 504 g/mol. The quantitative estimate of drug-likeness (QED) is 0.385. The van der Waals surface area contributed by atoms with Gasteiger partial charge in [-0.2, -0.15) is 0 Å². The Labute approximate surface area is 212 Å². The second-order valence-electron chi connectivity index (χ2n) is 9.07. The number of hydrogen-bond acceptors (Lipinski definition) is 10. The molecule has 2 N–H and O–H groups in total. The van der Waals surface area contributed by atoms with Gasteiger partial charge in [0.25, 0.3) is 5.91 Å². The van der Waals surface area contributed by atoms with Gasteiger partial charge >= 0.3 is 0 Å². The number of nitrogens with zero attached hydrogens (tertiary/aromatic N) is 7. The van der Waals surface area contributed by atoms with Crippen LogP contribution < -0.4 is 15.5 Å². The Bertz CT molecular complexity index is 1490. The Morgan fingerprint density at radius 3 is 2.84 bits per heavy atom. The smallest absolute Gasteiger partial charge is 0.256 e. The molecule has 0 spiro atoms. The van der Waals surface area contributed by atoms with Crippen molar-refractivity contribution in [3.63, 3.8) is 0 Å². The molecule has 1 amide bonds. The molecule has 3 aromatic heterocycles. The van der Waals surface area contributed by atoms with Gasteiger partial charge in [-0.3, -0.25) is 4.79 Å². The number of amides is 1. The summed E-state index contributed by atoms with van der Waals surface area (Å²) in [4.78, 5) is 34.7. The molecule has 12 heteroatoms. The first-order valence-electron chi connectivity index (χ1n) is 11.7. The highest BCUT2D eigenvalue weighted by molar-refractivity contribution is 6.04. The molecule has 0 radical (unpaired) electrons. The van der Waals surface area contributed by atoms with E-state index in [4.69, 9.17) is 4.52 Å². The summed E-state index contributed by atoms with van der Waals surface area (Å²) in [7, 11) is 4.04. The first-order valence-corrected chi connectivity index (χ1v) is 11.7. The van der Waals surface area contributed by atoms with E-state index in [1.54, 1.807) is 19.2 Å². The number of aromatic nitrogens is 5. The second-order valence-corrected chi connectivity index (χ2v) is 9.07. The van der Waals surface area contributed by atoms with Gasteiger partial charge in [0.05, 0.1) is 11.9 Å². The summed E-state index contributed by atoms with van der Waals surface area (Å²) in [6.45, 7) is 7.46. The van der Waals surface area contributed by atoms with Crippen LogP contribution in [-0.2, 0) is 0 Å². The predicted molar refractivity (Wildman–Crippen MR) is 138 cm³/mol. The first kappa shape index (κ1) is 24.3. The molecule has 0 aliphatic carbocycles. The molecule has 4 heterocycles. The van der Waals surface area contributed by atoms with Crippen molar-refractivity contribution in [2.75, 3.05) is 42.7 Å². The highest BCUT2D eigenvalue weighted by Crippen LogP contribution is 2.27. The molecule has 5 rings (SSSR count). The summed E-state index contributed by atoms with van der Waals surface area (Å²) < 4.78 is 19.9. The lowest BCUT2D eigenvalue weighted by Crippen LogP contribution is -2.34. The van der Waals surface area contributed by atoms with Crippen molar-refractivity contribution in [3.8, 4) is 0 Å². The first-order chi connectivity index (χ1) is 17.8. The number of likely N-dealkylation sites (N-methyl/N-ethyl adjacent to an activating group) is 2. The Balaban J connectivity index is 1.40. The number of hydrogen-bond donors (Lipinski definition) is 2. The van der Waals surface area contributed by atoms with Crippen molar-refractivity contribution in [3.05, 3.63) is 60.5 Å². The van der Waals surface area contributed by atoms with E-state index in [9.17, 15) is 9.18 Å². The molecular formula is C25H26FN9O2. The lowest BCUT2D eigenvalue weighted by Gasteiger charge is -2.24. The third-order valence-electron chi connectivity index (χ3n) is 6.25. The van der Waals surface area contributed by atoms with Gasteiger partial charge < -0.3 is 25.0 Å². The molecule has 1 aromatic carbocycles. The normalized spacial score (nSPS) is 15.6. The third kappa shape index (κ3) is 5.09. The molecule has 0 bridgehead atoms. The van der Waals surface area contributed by atoms with Gasteiger partial charge in [-0.15, -0.1) is 0 Å². The monoisotopic (exact) mass is 503 g/mol. The van der Waals surface area contributed by atoms with Gasteiger partial charge in [0.1, 0.15) is 23.2 Å².